The van der Waals surface area contributed by atoms with Gasteiger partial charge in [0.25, 0.3) is 0 Å². The number of carboxylic acids is 1. The fourth-order valence-corrected chi connectivity index (χ4v) is 4.83. The van der Waals surface area contributed by atoms with Crippen LogP contribution in [-0.4, -0.2) is 11.1 Å². The van der Waals surface area contributed by atoms with Gasteiger partial charge in [0.15, 0.2) is 0 Å². The van der Waals surface area contributed by atoms with E-state index in [1.54, 1.807) is 0 Å². The summed E-state index contributed by atoms with van der Waals surface area (Å²) < 4.78 is 0. The summed E-state index contributed by atoms with van der Waals surface area (Å²) in [6.45, 7) is 11.2. The molecule has 2 aliphatic carbocycles. The molecule has 3 atom stereocenters. The second kappa shape index (κ2) is 4.40. The molecule has 2 fully saturated rings. The van der Waals surface area contributed by atoms with Crippen molar-refractivity contribution in [2.45, 2.75) is 59.3 Å². The van der Waals surface area contributed by atoms with E-state index in [9.17, 15) is 9.90 Å². The molecule has 0 saturated heterocycles. The third-order valence-corrected chi connectivity index (χ3v) is 5.70. The highest BCUT2D eigenvalue weighted by Gasteiger charge is 2.53. The zero-order chi connectivity index (χ0) is 13.6. The molecular weight excluding hydrogens is 224 g/mol. The number of carbonyl (C=O) groups is 1. The average molecular weight is 250 g/mol. The van der Waals surface area contributed by atoms with E-state index in [2.05, 4.69) is 27.4 Å². The van der Waals surface area contributed by atoms with E-state index in [4.69, 9.17) is 0 Å². The van der Waals surface area contributed by atoms with Crippen molar-refractivity contribution in [3.05, 3.63) is 12.2 Å². The maximum Gasteiger partial charge on any atom is 0.303 e. The van der Waals surface area contributed by atoms with Crippen LogP contribution in [0.5, 0.6) is 0 Å². The van der Waals surface area contributed by atoms with Gasteiger partial charge in [-0.25, -0.2) is 0 Å². The molecule has 0 bridgehead atoms. The molecule has 2 saturated carbocycles. The molecule has 2 aliphatic rings. The minimum absolute atomic E-state index is 0.148. The van der Waals surface area contributed by atoms with Crippen LogP contribution in [0.4, 0.5) is 0 Å². The summed E-state index contributed by atoms with van der Waals surface area (Å²) in [7, 11) is 0. The van der Waals surface area contributed by atoms with E-state index >= 15 is 0 Å². The van der Waals surface area contributed by atoms with Crippen molar-refractivity contribution < 1.29 is 9.90 Å². The van der Waals surface area contributed by atoms with E-state index in [-0.39, 0.29) is 17.8 Å². The summed E-state index contributed by atoms with van der Waals surface area (Å²) >= 11 is 0. The SMILES string of the molecule is C=C1CCC2C(C)(C)CCC[C@]2(C)[C@H]1CC(=O)O. The van der Waals surface area contributed by atoms with Crippen LogP contribution in [-0.2, 0) is 4.79 Å². The van der Waals surface area contributed by atoms with Crippen molar-refractivity contribution in [2.24, 2.45) is 22.7 Å². The first-order valence-electron chi connectivity index (χ1n) is 7.17. The van der Waals surface area contributed by atoms with Crippen LogP contribution in [0.2, 0.25) is 0 Å². The van der Waals surface area contributed by atoms with Crippen molar-refractivity contribution in [3.8, 4) is 0 Å². The molecule has 102 valence electrons. The molecule has 2 heteroatoms. The van der Waals surface area contributed by atoms with Gasteiger partial charge in [0, 0.05) is 0 Å². The van der Waals surface area contributed by atoms with Crippen LogP contribution in [0.3, 0.4) is 0 Å². The molecule has 0 aromatic carbocycles. The fraction of sp³-hybridized carbons (Fsp3) is 0.812. The van der Waals surface area contributed by atoms with Gasteiger partial charge in [0.05, 0.1) is 6.42 Å². The average Bonchev–Trinajstić information content (AvgIpc) is 2.22. The molecule has 1 unspecified atom stereocenters. The van der Waals surface area contributed by atoms with Gasteiger partial charge in [0.2, 0.25) is 0 Å². The summed E-state index contributed by atoms with van der Waals surface area (Å²) in [5, 5.41) is 9.18. The summed E-state index contributed by atoms with van der Waals surface area (Å²) in [6.07, 6.45) is 6.14. The standard InChI is InChI=1S/C16H26O2/c1-11-6-7-13-15(2,3)8-5-9-16(13,4)12(11)10-14(17)18/h12-13H,1,5-10H2,2-4H3,(H,17,18)/t12-,13?,16+/m0/s1. The zero-order valence-corrected chi connectivity index (χ0v) is 12.0. The Kier molecular flexibility index (Phi) is 3.33. The van der Waals surface area contributed by atoms with Gasteiger partial charge >= 0.3 is 5.97 Å². The normalized spacial score (nSPS) is 39.2. The summed E-state index contributed by atoms with van der Waals surface area (Å²) in [4.78, 5) is 11.2. The Morgan fingerprint density at radius 1 is 1.39 bits per heavy atom. The van der Waals surface area contributed by atoms with Crippen LogP contribution in [0.25, 0.3) is 0 Å². The van der Waals surface area contributed by atoms with Gasteiger partial charge in [-0.2, -0.15) is 0 Å². The molecule has 0 aromatic heterocycles. The number of fused-ring (bicyclic) bond motifs is 1. The van der Waals surface area contributed by atoms with Gasteiger partial charge in [-0.15, -0.1) is 0 Å². The predicted molar refractivity (Wildman–Crippen MR) is 73.3 cm³/mol. The van der Waals surface area contributed by atoms with Crippen molar-refractivity contribution in [1.82, 2.24) is 0 Å². The number of rotatable bonds is 2. The van der Waals surface area contributed by atoms with Crippen LogP contribution in [0, 0.1) is 22.7 Å². The number of allylic oxidation sites excluding steroid dienone is 1. The third-order valence-electron chi connectivity index (χ3n) is 5.70. The third kappa shape index (κ3) is 2.10. The molecule has 0 spiro atoms. The maximum absolute atomic E-state index is 11.2. The van der Waals surface area contributed by atoms with E-state index < -0.39 is 5.97 Å². The summed E-state index contributed by atoms with van der Waals surface area (Å²) in [6, 6.07) is 0. The molecule has 1 N–H and O–H groups in total. The molecule has 0 radical (unpaired) electrons. The van der Waals surface area contributed by atoms with Gasteiger partial charge in [-0.1, -0.05) is 39.3 Å². The minimum Gasteiger partial charge on any atom is -0.481 e. The largest absolute Gasteiger partial charge is 0.481 e. The molecule has 2 rings (SSSR count). The molecule has 0 aliphatic heterocycles. The maximum atomic E-state index is 11.2. The first-order chi connectivity index (χ1) is 8.27. The van der Waals surface area contributed by atoms with Crippen LogP contribution in [0.15, 0.2) is 12.2 Å². The highest BCUT2D eigenvalue weighted by molar-refractivity contribution is 5.67. The molecule has 0 aromatic rings. The van der Waals surface area contributed by atoms with E-state index in [1.165, 1.54) is 24.8 Å². The van der Waals surface area contributed by atoms with Crippen LogP contribution < -0.4 is 0 Å². The number of carboxylic acid groups (broad SMARTS) is 1. The van der Waals surface area contributed by atoms with Gasteiger partial charge in [0.1, 0.15) is 0 Å². The molecule has 0 amide bonds. The zero-order valence-electron chi connectivity index (χ0n) is 12.0. The van der Waals surface area contributed by atoms with Crippen molar-refractivity contribution in [1.29, 1.82) is 0 Å². The molecule has 2 nitrogen and oxygen atoms in total. The minimum atomic E-state index is -0.675. The highest BCUT2D eigenvalue weighted by Crippen LogP contribution is 2.61. The molecule has 0 heterocycles. The lowest BCUT2D eigenvalue weighted by molar-refractivity contribution is -0.141. The highest BCUT2D eigenvalue weighted by atomic mass is 16.4. The summed E-state index contributed by atoms with van der Waals surface area (Å²) in [5.41, 5.74) is 1.67. The lowest BCUT2D eigenvalue weighted by atomic mass is 9.47. The fourth-order valence-electron chi connectivity index (χ4n) is 4.83. The Morgan fingerprint density at radius 3 is 2.67 bits per heavy atom. The number of hydrogen-bond acceptors (Lipinski definition) is 1. The van der Waals surface area contributed by atoms with E-state index in [1.807, 2.05) is 0 Å². The topological polar surface area (TPSA) is 37.3 Å². The van der Waals surface area contributed by atoms with Crippen LogP contribution >= 0.6 is 0 Å². The quantitative estimate of drug-likeness (QED) is 0.743. The Balaban J connectivity index is 2.33. The lowest BCUT2D eigenvalue weighted by Crippen LogP contribution is -2.49. The second-order valence-electron chi connectivity index (χ2n) is 7.25. The summed E-state index contributed by atoms with van der Waals surface area (Å²) in [5.74, 6) is 0.147. The van der Waals surface area contributed by atoms with Gasteiger partial charge < -0.3 is 5.11 Å². The Labute approximate surface area is 110 Å². The Bertz CT molecular complexity index is 369. The molecular formula is C16H26O2. The van der Waals surface area contributed by atoms with E-state index in [0.717, 1.165) is 12.8 Å². The molecule has 18 heavy (non-hydrogen) atoms. The second-order valence-corrected chi connectivity index (χ2v) is 7.25. The van der Waals surface area contributed by atoms with Gasteiger partial charge in [-0.3, -0.25) is 4.79 Å². The van der Waals surface area contributed by atoms with E-state index in [0.29, 0.717) is 11.3 Å². The lowest BCUT2D eigenvalue weighted by Gasteiger charge is -2.57. The first kappa shape index (κ1) is 13.6. The number of hydrogen-bond donors (Lipinski definition) is 1. The number of aliphatic carboxylic acids is 1. The predicted octanol–water partition coefficient (Wildman–Crippen LogP) is 4.26. The Morgan fingerprint density at radius 2 is 2.06 bits per heavy atom. The smallest absolute Gasteiger partial charge is 0.303 e. The van der Waals surface area contributed by atoms with Crippen molar-refractivity contribution in [2.75, 3.05) is 0 Å². The monoisotopic (exact) mass is 250 g/mol. The Hall–Kier alpha value is -0.790. The van der Waals surface area contributed by atoms with Crippen molar-refractivity contribution in [3.63, 3.8) is 0 Å². The van der Waals surface area contributed by atoms with Crippen molar-refractivity contribution >= 4 is 5.97 Å². The van der Waals surface area contributed by atoms with Gasteiger partial charge in [-0.05, 0) is 48.3 Å². The first-order valence-corrected chi connectivity index (χ1v) is 7.17. The van der Waals surface area contributed by atoms with Crippen LogP contribution in [0.1, 0.15) is 59.3 Å².